The summed E-state index contributed by atoms with van der Waals surface area (Å²) in [6, 6.07) is 13.5. The van der Waals surface area contributed by atoms with E-state index < -0.39 is 0 Å². The smallest absolute Gasteiger partial charge is 0.107 e. The van der Waals surface area contributed by atoms with E-state index in [1.807, 2.05) is 18.5 Å². The molecule has 4 heterocycles. The fraction of sp³-hybridized carbons (Fsp3) is 0.429. The molecule has 0 amide bonds. The highest BCUT2D eigenvalue weighted by molar-refractivity contribution is 7.80. The largest absolute Gasteiger partial charge is 0.371 e. The minimum atomic E-state index is 0.426. The highest BCUT2D eigenvalue weighted by Crippen LogP contribution is 2.34. The van der Waals surface area contributed by atoms with Crippen LogP contribution in [0.2, 0.25) is 0 Å². The maximum absolute atomic E-state index is 5.78. The second kappa shape index (κ2) is 7.22. The van der Waals surface area contributed by atoms with Crippen molar-refractivity contribution in [3.63, 3.8) is 0 Å². The summed E-state index contributed by atoms with van der Waals surface area (Å²) in [5.74, 6) is 0.716. The number of hydrogen-bond donors (Lipinski definition) is 1. The lowest BCUT2D eigenvalue weighted by molar-refractivity contribution is 0.0212. The van der Waals surface area contributed by atoms with Gasteiger partial charge in [-0.05, 0) is 62.4 Å². The van der Waals surface area contributed by atoms with Crippen LogP contribution in [0.15, 0.2) is 48.8 Å². The second-order valence-corrected chi connectivity index (χ2v) is 7.73. The first-order valence-corrected chi connectivity index (χ1v) is 9.62. The van der Waals surface area contributed by atoms with Gasteiger partial charge in [-0.3, -0.25) is 9.88 Å². The molecule has 0 saturated carbocycles. The first kappa shape index (κ1) is 16.7. The Hall–Kier alpha value is -1.78. The van der Waals surface area contributed by atoms with Crippen LogP contribution in [0.5, 0.6) is 0 Å². The van der Waals surface area contributed by atoms with Gasteiger partial charge in [0.15, 0.2) is 0 Å². The van der Waals surface area contributed by atoms with Gasteiger partial charge in [-0.2, -0.15) is 0 Å². The minimum Gasteiger partial charge on any atom is -0.371 e. The van der Waals surface area contributed by atoms with E-state index in [2.05, 4.69) is 52.5 Å². The molecule has 25 heavy (non-hydrogen) atoms. The third-order valence-corrected chi connectivity index (χ3v) is 6.16. The molecular weight excluding hydrogens is 326 g/mol. The van der Waals surface area contributed by atoms with Crippen LogP contribution in [-0.2, 0) is 6.42 Å². The average molecular weight is 352 g/mol. The number of benzene rings is 1. The number of rotatable bonds is 4. The van der Waals surface area contributed by atoms with Gasteiger partial charge < -0.3 is 5.32 Å². The topological polar surface area (TPSA) is 28.2 Å². The van der Waals surface area contributed by atoms with E-state index >= 15 is 0 Å². The van der Waals surface area contributed by atoms with Crippen LogP contribution in [0.1, 0.15) is 29.5 Å². The van der Waals surface area contributed by atoms with Crippen LogP contribution < -0.4 is 5.32 Å². The lowest BCUT2D eigenvalue weighted by Crippen LogP contribution is -2.64. The van der Waals surface area contributed by atoms with Crippen LogP contribution in [0.3, 0.4) is 0 Å². The molecule has 2 bridgehead atoms. The number of nitrogens with one attached hydrogen (secondary N) is 1. The molecule has 4 heteroatoms. The zero-order valence-electron chi connectivity index (χ0n) is 14.7. The lowest BCUT2D eigenvalue weighted by atomic mass is 9.76. The third-order valence-electron chi connectivity index (χ3n) is 5.82. The number of hydrogen-bond acceptors (Lipinski definition) is 3. The SMILES string of the molecule is Cc1ccccc1C(=S)NC1C2CCN(CC2)C1Cc1cccnc1. The molecule has 5 rings (SSSR count). The zero-order valence-corrected chi connectivity index (χ0v) is 15.5. The monoisotopic (exact) mass is 351 g/mol. The van der Waals surface area contributed by atoms with Gasteiger partial charge in [0.05, 0.1) is 0 Å². The number of piperidine rings is 3. The van der Waals surface area contributed by atoms with Gasteiger partial charge in [-0.1, -0.05) is 42.5 Å². The Balaban J connectivity index is 1.55. The quantitative estimate of drug-likeness (QED) is 0.855. The second-order valence-electron chi connectivity index (χ2n) is 7.32. The highest BCUT2D eigenvalue weighted by Gasteiger charge is 2.42. The van der Waals surface area contributed by atoms with Gasteiger partial charge in [0, 0.05) is 30.0 Å². The first-order valence-electron chi connectivity index (χ1n) is 9.22. The van der Waals surface area contributed by atoms with Gasteiger partial charge in [0.25, 0.3) is 0 Å². The Morgan fingerprint density at radius 3 is 2.72 bits per heavy atom. The summed E-state index contributed by atoms with van der Waals surface area (Å²) in [4.78, 5) is 7.83. The average Bonchev–Trinajstić information content (AvgIpc) is 2.65. The fourth-order valence-electron chi connectivity index (χ4n) is 4.44. The number of nitrogens with zero attached hydrogens (tertiary/aromatic N) is 2. The van der Waals surface area contributed by atoms with E-state index in [0.29, 0.717) is 18.0 Å². The number of fused-ring (bicyclic) bond motifs is 3. The van der Waals surface area contributed by atoms with E-state index in [1.54, 1.807) is 0 Å². The standard InChI is InChI=1S/C21H25N3S/c1-15-5-2-3-7-18(15)21(25)23-20-17-8-11-24(12-9-17)19(20)13-16-6-4-10-22-14-16/h2-7,10,14,17,19-20H,8-9,11-13H2,1H3,(H,23,25). The Labute approximate surface area is 155 Å². The number of aryl methyl sites for hydroxylation is 1. The van der Waals surface area contributed by atoms with Crippen molar-refractivity contribution in [1.29, 1.82) is 0 Å². The number of aromatic nitrogens is 1. The van der Waals surface area contributed by atoms with E-state index in [4.69, 9.17) is 12.2 Å². The molecule has 1 aromatic heterocycles. The van der Waals surface area contributed by atoms with Crippen LogP contribution in [0.25, 0.3) is 0 Å². The molecular formula is C21H25N3S. The summed E-state index contributed by atoms with van der Waals surface area (Å²) in [6.45, 7) is 4.56. The molecule has 0 radical (unpaired) electrons. The molecule has 0 aliphatic carbocycles. The molecule has 2 unspecified atom stereocenters. The van der Waals surface area contributed by atoms with Crippen molar-refractivity contribution in [2.75, 3.05) is 13.1 Å². The van der Waals surface area contributed by atoms with Crippen molar-refractivity contribution in [3.05, 3.63) is 65.5 Å². The van der Waals surface area contributed by atoms with Crippen molar-refractivity contribution in [2.45, 2.75) is 38.3 Å². The Kier molecular flexibility index (Phi) is 4.82. The maximum Gasteiger partial charge on any atom is 0.107 e. The van der Waals surface area contributed by atoms with Crippen molar-refractivity contribution in [3.8, 4) is 0 Å². The van der Waals surface area contributed by atoms with Crippen LogP contribution in [0, 0.1) is 12.8 Å². The third kappa shape index (κ3) is 3.46. The lowest BCUT2D eigenvalue weighted by Gasteiger charge is -2.51. The molecule has 130 valence electrons. The molecule has 1 aromatic carbocycles. The van der Waals surface area contributed by atoms with Gasteiger partial charge in [-0.25, -0.2) is 0 Å². The molecule has 3 aliphatic heterocycles. The van der Waals surface area contributed by atoms with Crippen molar-refractivity contribution < 1.29 is 0 Å². The fourth-order valence-corrected chi connectivity index (χ4v) is 4.80. The maximum atomic E-state index is 5.78. The molecule has 3 aliphatic rings. The Morgan fingerprint density at radius 2 is 2.00 bits per heavy atom. The van der Waals surface area contributed by atoms with Crippen molar-refractivity contribution in [1.82, 2.24) is 15.2 Å². The predicted molar refractivity (Wildman–Crippen MR) is 106 cm³/mol. The van der Waals surface area contributed by atoms with E-state index in [0.717, 1.165) is 17.0 Å². The molecule has 3 fully saturated rings. The van der Waals surface area contributed by atoms with Crippen molar-refractivity contribution >= 4 is 17.2 Å². The Morgan fingerprint density at radius 1 is 1.20 bits per heavy atom. The number of thiocarbonyl (C=S) groups is 1. The minimum absolute atomic E-state index is 0.426. The van der Waals surface area contributed by atoms with Gasteiger partial charge in [0.1, 0.15) is 4.99 Å². The van der Waals surface area contributed by atoms with E-state index in [9.17, 15) is 0 Å². The van der Waals surface area contributed by atoms with Crippen molar-refractivity contribution in [2.24, 2.45) is 5.92 Å². The normalized spacial score (nSPS) is 27.9. The molecule has 2 aromatic rings. The molecule has 0 spiro atoms. The summed E-state index contributed by atoms with van der Waals surface area (Å²) in [7, 11) is 0. The highest BCUT2D eigenvalue weighted by atomic mass is 32.1. The zero-order chi connectivity index (χ0) is 17.2. The summed E-state index contributed by atoms with van der Waals surface area (Å²) in [6.07, 6.45) is 7.44. The molecule has 1 N–H and O–H groups in total. The van der Waals surface area contributed by atoms with E-state index in [1.165, 1.54) is 37.1 Å². The summed E-state index contributed by atoms with van der Waals surface area (Å²) in [5, 5.41) is 3.75. The summed E-state index contributed by atoms with van der Waals surface area (Å²) in [5.41, 5.74) is 3.72. The Bertz CT molecular complexity index is 738. The first-order chi connectivity index (χ1) is 12.2. The van der Waals surface area contributed by atoms with Gasteiger partial charge in [0.2, 0.25) is 0 Å². The molecule has 2 atom stereocenters. The van der Waals surface area contributed by atoms with Crippen LogP contribution >= 0.6 is 12.2 Å². The van der Waals surface area contributed by atoms with Crippen LogP contribution in [-0.4, -0.2) is 40.0 Å². The van der Waals surface area contributed by atoms with Gasteiger partial charge >= 0.3 is 0 Å². The van der Waals surface area contributed by atoms with Gasteiger partial charge in [-0.15, -0.1) is 0 Å². The molecule has 3 saturated heterocycles. The summed E-state index contributed by atoms with van der Waals surface area (Å²) < 4.78 is 0. The number of pyridine rings is 1. The molecule has 3 nitrogen and oxygen atoms in total. The summed E-state index contributed by atoms with van der Waals surface area (Å²) >= 11 is 5.78. The van der Waals surface area contributed by atoms with E-state index in [-0.39, 0.29) is 0 Å². The van der Waals surface area contributed by atoms with Crippen LogP contribution in [0.4, 0.5) is 0 Å². The predicted octanol–water partition coefficient (Wildman–Crippen LogP) is 3.36.